The van der Waals surface area contributed by atoms with Crippen LogP contribution in [0.5, 0.6) is 0 Å². The van der Waals surface area contributed by atoms with Crippen LogP contribution in [0.3, 0.4) is 0 Å². The molecule has 0 radical (unpaired) electrons. The summed E-state index contributed by atoms with van der Waals surface area (Å²) in [5, 5.41) is 9.74. The summed E-state index contributed by atoms with van der Waals surface area (Å²) in [6.45, 7) is 2.98. The molecule has 1 aromatic rings. The third kappa shape index (κ3) is 6.31. The van der Waals surface area contributed by atoms with Crippen LogP contribution >= 0.6 is 0 Å². The van der Waals surface area contributed by atoms with Crippen molar-refractivity contribution >= 4 is 5.97 Å². The summed E-state index contributed by atoms with van der Waals surface area (Å²) in [5.74, 6) is -0.668. The molecule has 0 saturated heterocycles. The lowest BCUT2D eigenvalue weighted by Crippen LogP contribution is -2.30. The molecule has 0 aliphatic rings. The number of hydrogen-bond donors (Lipinski definition) is 1. The maximum atomic E-state index is 12.7. The van der Waals surface area contributed by atoms with Gasteiger partial charge in [-0.3, -0.25) is 9.69 Å². The van der Waals surface area contributed by atoms with Crippen LogP contribution in [0.4, 0.5) is 4.39 Å². The Morgan fingerprint density at radius 1 is 1.42 bits per heavy atom. The van der Waals surface area contributed by atoms with Gasteiger partial charge < -0.3 is 9.84 Å². The third-order valence-corrected chi connectivity index (χ3v) is 2.60. The lowest BCUT2D eigenvalue weighted by molar-refractivity contribution is -0.145. The highest BCUT2D eigenvalue weighted by Gasteiger charge is 2.14. The van der Waals surface area contributed by atoms with E-state index in [4.69, 9.17) is 4.74 Å². The molecule has 1 atom stereocenters. The second-order valence-corrected chi connectivity index (χ2v) is 4.49. The number of aliphatic hydroxyl groups excluding tert-OH is 1. The first-order valence-electron chi connectivity index (χ1n) is 6.28. The van der Waals surface area contributed by atoms with Crippen LogP contribution in [0, 0.1) is 5.82 Å². The van der Waals surface area contributed by atoms with E-state index in [2.05, 4.69) is 0 Å². The minimum Gasteiger partial charge on any atom is -0.466 e. The zero-order valence-electron chi connectivity index (χ0n) is 11.3. The number of halogens is 1. The Morgan fingerprint density at radius 3 is 2.63 bits per heavy atom. The summed E-state index contributed by atoms with van der Waals surface area (Å²) in [6.07, 6.45) is -0.772. The minimum atomic E-state index is -0.760. The molecule has 0 fully saturated rings. The summed E-state index contributed by atoms with van der Waals surface area (Å²) < 4.78 is 17.5. The molecular weight excluding hydrogens is 249 g/mol. The first kappa shape index (κ1) is 15.6. The zero-order chi connectivity index (χ0) is 14.3. The van der Waals surface area contributed by atoms with Crippen LogP contribution in [0.25, 0.3) is 0 Å². The lowest BCUT2D eigenvalue weighted by atomic mass is 10.2. The fourth-order valence-corrected chi connectivity index (χ4v) is 1.80. The predicted molar refractivity (Wildman–Crippen MR) is 70.0 cm³/mol. The summed E-state index contributed by atoms with van der Waals surface area (Å²) in [5.41, 5.74) is 0.951. The van der Waals surface area contributed by atoms with Gasteiger partial charge in [0.1, 0.15) is 5.82 Å². The highest BCUT2D eigenvalue weighted by atomic mass is 19.1. The Kier molecular flexibility index (Phi) is 6.45. The van der Waals surface area contributed by atoms with Crippen molar-refractivity contribution in [2.45, 2.75) is 26.0 Å². The zero-order valence-corrected chi connectivity index (χ0v) is 11.3. The number of carbonyl (C=O) groups excluding carboxylic acids is 1. The van der Waals surface area contributed by atoms with E-state index in [9.17, 15) is 14.3 Å². The van der Waals surface area contributed by atoms with Crippen molar-refractivity contribution < 1.29 is 19.0 Å². The van der Waals surface area contributed by atoms with Gasteiger partial charge in [-0.1, -0.05) is 12.1 Å². The van der Waals surface area contributed by atoms with Crippen LogP contribution < -0.4 is 0 Å². The molecule has 0 aromatic heterocycles. The van der Waals surface area contributed by atoms with Gasteiger partial charge in [-0.15, -0.1) is 0 Å². The van der Waals surface area contributed by atoms with Crippen molar-refractivity contribution in [2.24, 2.45) is 0 Å². The van der Waals surface area contributed by atoms with Crippen LogP contribution in [-0.2, 0) is 16.1 Å². The van der Waals surface area contributed by atoms with Gasteiger partial charge in [-0.25, -0.2) is 4.39 Å². The quantitative estimate of drug-likeness (QED) is 0.763. The number of hydrogen-bond acceptors (Lipinski definition) is 4. The average Bonchev–Trinajstić information content (AvgIpc) is 2.32. The van der Waals surface area contributed by atoms with E-state index in [1.165, 1.54) is 12.1 Å². The van der Waals surface area contributed by atoms with Gasteiger partial charge in [0, 0.05) is 13.1 Å². The standard InChI is InChI=1S/C14H20FNO3/c1-3-19-14(18)8-13(17)10-16(2)9-11-4-6-12(15)7-5-11/h4-7,13,17H,3,8-10H2,1-2H3. The van der Waals surface area contributed by atoms with Gasteiger partial charge >= 0.3 is 5.97 Å². The van der Waals surface area contributed by atoms with E-state index in [-0.39, 0.29) is 12.2 Å². The predicted octanol–water partition coefficient (Wildman–Crippen LogP) is 1.57. The Balaban J connectivity index is 2.35. The first-order chi connectivity index (χ1) is 9.01. The molecular formula is C14H20FNO3. The molecule has 0 bridgehead atoms. The molecule has 4 nitrogen and oxygen atoms in total. The van der Waals surface area contributed by atoms with Crippen LogP contribution in [0.2, 0.25) is 0 Å². The maximum Gasteiger partial charge on any atom is 0.308 e. The maximum absolute atomic E-state index is 12.7. The lowest BCUT2D eigenvalue weighted by Gasteiger charge is -2.20. The monoisotopic (exact) mass is 269 g/mol. The third-order valence-electron chi connectivity index (χ3n) is 2.60. The molecule has 0 saturated carbocycles. The van der Waals surface area contributed by atoms with E-state index in [1.54, 1.807) is 19.1 Å². The SMILES string of the molecule is CCOC(=O)CC(O)CN(C)Cc1ccc(F)cc1. The van der Waals surface area contributed by atoms with Crippen molar-refractivity contribution in [1.82, 2.24) is 4.90 Å². The number of esters is 1. The van der Waals surface area contributed by atoms with Gasteiger partial charge in [0.05, 0.1) is 19.1 Å². The molecule has 1 N–H and O–H groups in total. The van der Waals surface area contributed by atoms with Crippen LogP contribution in [0.1, 0.15) is 18.9 Å². The number of benzene rings is 1. The summed E-state index contributed by atoms with van der Waals surface area (Å²) in [4.78, 5) is 13.1. The molecule has 1 aromatic carbocycles. The Hall–Kier alpha value is -1.46. The smallest absolute Gasteiger partial charge is 0.308 e. The van der Waals surface area contributed by atoms with E-state index in [1.807, 2.05) is 11.9 Å². The highest BCUT2D eigenvalue weighted by Crippen LogP contribution is 2.07. The molecule has 1 unspecified atom stereocenters. The fraction of sp³-hybridized carbons (Fsp3) is 0.500. The van der Waals surface area contributed by atoms with Crippen molar-refractivity contribution in [1.29, 1.82) is 0 Å². The highest BCUT2D eigenvalue weighted by molar-refractivity contribution is 5.69. The Labute approximate surface area is 112 Å². The van der Waals surface area contributed by atoms with E-state index < -0.39 is 12.1 Å². The molecule has 0 aliphatic carbocycles. The van der Waals surface area contributed by atoms with Crippen molar-refractivity contribution in [3.05, 3.63) is 35.6 Å². The summed E-state index contributed by atoms with van der Waals surface area (Å²) in [6, 6.07) is 6.20. The van der Waals surface area contributed by atoms with E-state index >= 15 is 0 Å². The molecule has 0 aliphatic heterocycles. The molecule has 0 spiro atoms. The topological polar surface area (TPSA) is 49.8 Å². The largest absolute Gasteiger partial charge is 0.466 e. The van der Waals surface area contributed by atoms with Crippen LogP contribution in [-0.4, -0.2) is 42.3 Å². The molecule has 0 amide bonds. The van der Waals surface area contributed by atoms with E-state index in [0.717, 1.165) is 5.56 Å². The van der Waals surface area contributed by atoms with Crippen molar-refractivity contribution in [3.63, 3.8) is 0 Å². The number of rotatable bonds is 7. The molecule has 19 heavy (non-hydrogen) atoms. The van der Waals surface area contributed by atoms with Crippen molar-refractivity contribution in [3.8, 4) is 0 Å². The number of aliphatic hydroxyl groups is 1. The average molecular weight is 269 g/mol. The second-order valence-electron chi connectivity index (χ2n) is 4.49. The number of ether oxygens (including phenoxy) is 1. The number of carbonyl (C=O) groups is 1. The van der Waals surface area contributed by atoms with Gasteiger partial charge in [0.25, 0.3) is 0 Å². The number of nitrogens with zero attached hydrogens (tertiary/aromatic N) is 1. The normalized spacial score (nSPS) is 12.5. The Morgan fingerprint density at radius 2 is 2.05 bits per heavy atom. The summed E-state index contributed by atoms with van der Waals surface area (Å²) in [7, 11) is 1.83. The Bertz CT molecular complexity index is 394. The van der Waals surface area contributed by atoms with Gasteiger partial charge in [-0.2, -0.15) is 0 Å². The van der Waals surface area contributed by atoms with Gasteiger partial charge in [-0.05, 0) is 31.7 Å². The summed E-state index contributed by atoms with van der Waals surface area (Å²) >= 11 is 0. The minimum absolute atomic E-state index is 0.0123. The van der Waals surface area contributed by atoms with Gasteiger partial charge in [0.15, 0.2) is 0 Å². The molecule has 0 heterocycles. The van der Waals surface area contributed by atoms with Gasteiger partial charge in [0.2, 0.25) is 0 Å². The number of likely N-dealkylation sites (N-methyl/N-ethyl adjacent to an activating group) is 1. The van der Waals surface area contributed by atoms with Crippen molar-refractivity contribution in [2.75, 3.05) is 20.2 Å². The second kappa shape index (κ2) is 7.86. The molecule has 1 rings (SSSR count). The molecule has 106 valence electrons. The molecule has 5 heteroatoms. The van der Waals surface area contributed by atoms with E-state index in [0.29, 0.717) is 19.7 Å². The fourth-order valence-electron chi connectivity index (χ4n) is 1.80. The van der Waals surface area contributed by atoms with Crippen LogP contribution in [0.15, 0.2) is 24.3 Å². The first-order valence-corrected chi connectivity index (χ1v) is 6.28.